The van der Waals surface area contributed by atoms with E-state index in [1.165, 1.54) is 65.8 Å². The molecule has 0 spiro atoms. The first-order valence-corrected chi connectivity index (χ1v) is 12.4. The van der Waals surface area contributed by atoms with Crippen LogP contribution in [0, 0.1) is 0 Å². The Morgan fingerprint density at radius 3 is 1.64 bits per heavy atom. The van der Waals surface area contributed by atoms with Crippen LogP contribution in [0.15, 0.2) is 133 Å². The number of nitrogens with zero attached hydrogens (tertiary/aromatic N) is 2. The van der Waals surface area contributed by atoms with Crippen molar-refractivity contribution < 1.29 is 0 Å². The fourth-order valence-corrected chi connectivity index (χ4v) is 5.95. The van der Waals surface area contributed by atoms with E-state index in [4.69, 9.17) is 0 Å². The van der Waals surface area contributed by atoms with Crippen LogP contribution in [0.4, 0.5) is 0 Å². The van der Waals surface area contributed by atoms with E-state index in [1.54, 1.807) is 0 Å². The van der Waals surface area contributed by atoms with E-state index in [-0.39, 0.29) is 0 Å². The zero-order valence-corrected chi connectivity index (χ0v) is 19.6. The molecule has 0 bridgehead atoms. The maximum Gasteiger partial charge on any atom is 0.0562 e. The molecule has 0 N–H and O–H groups in total. The molecule has 0 radical (unpaired) electrons. The Kier molecular flexibility index (Phi) is 3.97. The molecule has 6 aromatic carbocycles. The fourth-order valence-electron chi connectivity index (χ4n) is 5.95. The molecular formula is C34H22N2. The van der Waals surface area contributed by atoms with Crippen LogP contribution in [0.1, 0.15) is 0 Å². The summed E-state index contributed by atoms with van der Waals surface area (Å²) in [7, 11) is 0. The normalized spacial score (nSPS) is 11.9. The maximum atomic E-state index is 2.44. The number of fused-ring (bicyclic) bond motifs is 7. The Morgan fingerprint density at radius 1 is 0.333 bits per heavy atom. The summed E-state index contributed by atoms with van der Waals surface area (Å²) in [5, 5.41) is 7.62. The Hall–Kier alpha value is -4.82. The van der Waals surface area contributed by atoms with Gasteiger partial charge in [0.25, 0.3) is 0 Å². The summed E-state index contributed by atoms with van der Waals surface area (Å²) in [5.74, 6) is 0. The third-order valence-electron chi connectivity index (χ3n) is 7.49. The average Bonchev–Trinajstić information content (AvgIpc) is 3.44. The molecule has 8 aromatic rings. The van der Waals surface area contributed by atoms with E-state index in [2.05, 4.69) is 143 Å². The first kappa shape index (κ1) is 19.5. The maximum absolute atomic E-state index is 2.44. The number of benzene rings is 6. The minimum Gasteiger partial charge on any atom is -0.309 e. The predicted molar refractivity (Wildman–Crippen MR) is 153 cm³/mol. The Bertz CT molecular complexity index is 2090. The minimum atomic E-state index is 1.18. The van der Waals surface area contributed by atoms with Gasteiger partial charge in [-0.25, -0.2) is 0 Å². The van der Waals surface area contributed by atoms with Gasteiger partial charge in [0.15, 0.2) is 0 Å². The fraction of sp³-hybridized carbons (Fsp3) is 0. The smallest absolute Gasteiger partial charge is 0.0562 e. The summed E-state index contributed by atoms with van der Waals surface area (Å²) in [5.41, 5.74) is 7.29. The van der Waals surface area contributed by atoms with Gasteiger partial charge < -0.3 is 9.13 Å². The molecule has 0 atom stereocenters. The van der Waals surface area contributed by atoms with Crippen LogP contribution in [0.5, 0.6) is 0 Å². The summed E-state index contributed by atoms with van der Waals surface area (Å²) in [4.78, 5) is 0. The highest BCUT2D eigenvalue weighted by Gasteiger charge is 2.18. The number of hydrogen-bond acceptors (Lipinski definition) is 0. The van der Waals surface area contributed by atoms with Crippen LogP contribution in [0.3, 0.4) is 0 Å². The second kappa shape index (κ2) is 7.34. The second-order valence-corrected chi connectivity index (χ2v) is 9.43. The highest BCUT2D eigenvalue weighted by Crippen LogP contribution is 2.40. The predicted octanol–water partition coefficient (Wildman–Crippen LogP) is 9.03. The molecule has 2 nitrogen and oxygen atoms in total. The van der Waals surface area contributed by atoms with Gasteiger partial charge in [-0.1, -0.05) is 91.0 Å². The lowest BCUT2D eigenvalue weighted by Crippen LogP contribution is -1.96. The lowest BCUT2D eigenvalue weighted by atomic mass is 10.1. The van der Waals surface area contributed by atoms with Gasteiger partial charge in [0.1, 0.15) is 0 Å². The molecule has 0 saturated heterocycles. The van der Waals surface area contributed by atoms with E-state index >= 15 is 0 Å². The van der Waals surface area contributed by atoms with Gasteiger partial charge in [-0.3, -0.25) is 0 Å². The van der Waals surface area contributed by atoms with Gasteiger partial charge in [-0.05, 0) is 47.9 Å². The van der Waals surface area contributed by atoms with Crippen molar-refractivity contribution in [3.05, 3.63) is 133 Å². The van der Waals surface area contributed by atoms with Crippen LogP contribution >= 0.6 is 0 Å². The highest BCUT2D eigenvalue weighted by atomic mass is 15.0. The van der Waals surface area contributed by atoms with Gasteiger partial charge in [0.2, 0.25) is 0 Å². The first-order valence-electron chi connectivity index (χ1n) is 12.4. The number of para-hydroxylation sites is 3. The van der Waals surface area contributed by atoms with Crippen molar-refractivity contribution in [3.8, 4) is 11.4 Å². The van der Waals surface area contributed by atoms with Crippen molar-refractivity contribution in [2.45, 2.75) is 0 Å². The summed E-state index contributed by atoms with van der Waals surface area (Å²) < 4.78 is 4.84. The third-order valence-corrected chi connectivity index (χ3v) is 7.49. The number of hydrogen-bond donors (Lipinski definition) is 0. The van der Waals surface area contributed by atoms with Crippen molar-refractivity contribution in [2.24, 2.45) is 0 Å². The van der Waals surface area contributed by atoms with E-state index in [0.29, 0.717) is 0 Å². The zero-order valence-electron chi connectivity index (χ0n) is 19.6. The number of aromatic nitrogens is 2. The van der Waals surface area contributed by atoms with Crippen LogP contribution < -0.4 is 0 Å². The van der Waals surface area contributed by atoms with E-state index in [9.17, 15) is 0 Å². The van der Waals surface area contributed by atoms with Gasteiger partial charge in [-0.2, -0.15) is 0 Å². The Labute approximate surface area is 208 Å². The monoisotopic (exact) mass is 458 g/mol. The van der Waals surface area contributed by atoms with Crippen LogP contribution in [-0.4, -0.2) is 9.13 Å². The molecule has 0 fully saturated rings. The van der Waals surface area contributed by atoms with E-state index in [0.717, 1.165) is 0 Å². The van der Waals surface area contributed by atoms with Gasteiger partial charge in [0.05, 0.1) is 27.8 Å². The van der Waals surface area contributed by atoms with Crippen molar-refractivity contribution in [1.29, 1.82) is 0 Å². The first-order chi connectivity index (χ1) is 17.9. The van der Waals surface area contributed by atoms with Crippen molar-refractivity contribution in [2.75, 3.05) is 0 Å². The highest BCUT2D eigenvalue weighted by molar-refractivity contribution is 6.19. The molecule has 0 amide bonds. The molecule has 0 aliphatic rings. The summed E-state index contributed by atoms with van der Waals surface area (Å²) in [6, 6.07) is 48.2. The molecular weight excluding hydrogens is 436 g/mol. The van der Waals surface area contributed by atoms with Crippen molar-refractivity contribution in [1.82, 2.24) is 9.13 Å². The molecule has 0 unspecified atom stereocenters. The largest absolute Gasteiger partial charge is 0.309 e. The summed E-state index contributed by atoms with van der Waals surface area (Å²) in [6.45, 7) is 0. The van der Waals surface area contributed by atoms with Gasteiger partial charge in [0, 0.05) is 32.6 Å². The molecule has 0 aliphatic heterocycles. The Morgan fingerprint density at radius 2 is 0.889 bits per heavy atom. The SMILES string of the molecule is c1ccc(-n2c3ccccc3c3cc4c5ccccc5n(-c5cccc6ccccc56)c4cc32)cc1. The molecule has 36 heavy (non-hydrogen) atoms. The summed E-state index contributed by atoms with van der Waals surface area (Å²) >= 11 is 0. The van der Waals surface area contributed by atoms with Gasteiger partial charge >= 0.3 is 0 Å². The lowest BCUT2D eigenvalue weighted by Gasteiger charge is -2.12. The van der Waals surface area contributed by atoms with Gasteiger partial charge in [-0.15, -0.1) is 0 Å². The molecule has 0 aliphatic carbocycles. The molecule has 2 heterocycles. The van der Waals surface area contributed by atoms with Crippen LogP contribution in [0.2, 0.25) is 0 Å². The topological polar surface area (TPSA) is 9.86 Å². The van der Waals surface area contributed by atoms with Crippen LogP contribution in [-0.2, 0) is 0 Å². The molecule has 2 aromatic heterocycles. The summed E-state index contributed by atoms with van der Waals surface area (Å²) in [6.07, 6.45) is 0. The van der Waals surface area contributed by atoms with E-state index < -0.39 is 0 Å². The van der Waals surface area contributed by atoms with Crippen molar-refractivity contribution >= 4 is 54.4 Å². The molecule has 2 heteroatoms. The van der Waals surface area contributed by atoms with Crippen molar-refractivity contribution in [3.63, 3.8) is 0 Å². The zero-order chi connectivity index (χ0) is 23.6. The third kappa shape index (κ3) is 2.61. The standard InChI is InChI=1S/C34H22N2/c1-2-13-24(14-3-1)35-31-18-8-6-16-26(31)28-21-29-27-17-7-9-19-32(27)36(34(29)22-33(28)35)30-20-10-12-23-11-4-5-15-25(23)30/h1-22H. The Balaban J connectivity index is 1.59. The minimum absolute atomic E-state index is 1.18. The number of rotatable bonds is 2. The average molecular weight is 459 g/mol. The quantitative estimate of drug-likeness (QED) is 0.244. The molecule has 168 valence electrons. The second-order valence-electron chi connectivity index (χ2n) is 9.43. The molecule has 0 saturated carbocycles. The lowest BCUT2D eigenvalue weighted by molar-refractivity contribution is 1.17. The molecule has 8 rings (SSSR count). The van der Waals surface area contributed by atoms with Crippen LogP contribution in [0.25, 0.3) is 65.8 Å². The van der Waals surface area contributed by atoms with E-state index in [1.807, 2.05) is 0 Å².